The van der Waals surface area contributed by atoms with E-state index >= 15 is 4.39 Å². The lowest BCUT2D eigenvalue weighted by molar-refractivity contribution is -0.175. The number of aryl methyl sites for hydroxylation is 1. The molecule has 2 aliphatic carbocycles. The first-order chi connectivity index (χ1) is 25.6. The number of likely N-dealkylation sites (tertiary alicyclic amines) is 1. The van der Waals surface area contributed by atoms with Crippen molar-refractivity contribution in [3.63, 3.8) is 0 Å². The molecule has 2 aromatic heterocycles. The van der Waals surface area contributed by atoms with Crippen LogP contribution in [0.1, 0.15) is 93.9 Å². The molecule has 13 heteroatoms. The first kappa shape index (κ1) is 35.2. The highest BCUT2D eigenvalue weighted by Crippen LogP contribution is 2.51. The summed E-state index contributed by atoms with van der Waals surface area (Å²) in [7, 11) is 1.57. The summed E-state index contributed by atoms with van der Waals surface area (Å²) in [6.45, 7) is 9.54. The van der Waals surface area contributed by atoms with E-state index in [-0.39, 0.29) is 35.5 Å². The fourth-order valence-electron chi connectivity index (χ4n) is 10.6. The smallest absolute Gasteiger partial charge is 0.319 e. The van der Waals surface area contributed by atoms with Crippen molar-refractivity contribution in [1.82, 2.24) is 30.4 Å². The van der Waals surface area contributed by atoms with Gasteiger partial charge in [0.2, 0.25) is 5.88 Å². The number of ether oxygens (including phenoxy) is 4. The van der Waals surface area contributed by atoms with Crippen LogP contribution >= 0.6 is 0 Å². The Morgan fingerprint density at radius 2 is 1.87 bits per heavy atom. The van der Waals surface area contributed by atoms with Crippen molar-refractivity contribution >= 4 is 28.4 Å². The van der Waals surface area contributed by atoms with Crippen LogP contribution in [0.15, 0.2) is 12.3 Å². The molecule has 1 aromatic carbocycles. The normalized spacial score (nSPS) is 33.3. The fourth-order valence-corrected chi connectivity index (χ4v) is 10.6. The number of anilines is 1. The second-order valence-electron chi connectivity index (χ2n) is 17.0. The molecule has 9 rings (SSSR count). The molecule has 3 saturated heterocycles. The number of rotatable bonds is 7. The van der Waals surface area contributed by atoms with Crippen LogP contribution in [-0.2, 0) is 14.2 Å². The Balaban J connectivity index is 1.10. The van der Waals surface area contributed by atoms with Crippen LogP contribution in [0.25, 0.3) is 22.6 Å². The summed E-state index contributed by atoms with van der Waals surface area (Å²) in [5.41, 5.74) is 2.57. The molecular weight excluding hydrogens is 677 g/mol. The SMILES string of the molecule is COC1=c2c(N3CCOC[C@@](C)(O)C3)nc(OC[C@]34CCC[C@H]3N(C3CCC5(CCO5)CC3)CCC4)nc2=C(F)C(c2c(C)c(C)cc3[nH]ncc23)N1. The van der Waals surface area contributed by atoms with E-state index in [1.165, 1.54) is 32.1 Å². The Bertz CT molecular complexity index is 2010. The van der Waals surface area contributed by atoms with Gasteiger partial charge in [-0.15, -0.1) is 0 Å². The molecule has 3 N–H and O–H groups in total. The molecule has 0 bridgehead atoms. The lowest BCUT2D eigenvalue weighted by atomic mass is 9.72. The summed E-state index contributed by atoms with van der Waals surface area (Å²) in [5, 5.41) is 23.3. The predicted octanol–water partition coefficient (Wildman–Crippen LogP) is 3.81. The van der Waals surface area contributed by atoms with Gasteiger partial charge in [-0.2, -0.15) is 15.1 Å². The van der Waals surface area contributed by atoms with E-state index in [2.05, 4.69) is 20.4 Å². The van der Waals surface area contributed by atoms with Crippen LogP contribution in [0.3, 0.4) is 0 Å². The summed E-state index contributed by atoms with van der Waals surface area (Å²) in [6.07, 6.45) is 13.3. The van der Waals surface area contributed by atoms with E-state index in [4.69, 9.17) is 28.9 Å². The molecule has 1 spiro atoms. The standard InChI is InChI=1S/C40H54FN7O5/c1-24-19-28-27(20-42-46-28)30(25(24)2)33-32(41)34-31(36(43-33)50-4)35(47-16-18-51-22-38(3,49)21-47)45-37(44-34)52-23-39-10-5-7-29(39)48(15-6-11-39)26-8-12-40(13-9-26)14-17-53-40/h19-20,26,29,33,43,49H,5-18,21-23H2,1-4H3,(H,42,46)/t26?,29-,33?,38+,39-,40?/m1/s1. The zero-order chi connectivity index (χ0) is 36.5. The van der Waals surface area contributed by atoms with Gasteiger partial charge in [-0.05, 0) is 108 Å². The minimum absolute atomic E-state index is 0.0123. The average Bonchev–Trinajstić information content (AvgIpc) is 3.75. The summed E-state index contributed by atoms with van der Waals surface area (Å²) >= 11 is 0. The topological polar surface area (TPSA) is 130 Å². The van der Waals surface area contributed by atoms with Crippen molar-refractivity contribution in [2.75, 3.05) is 58.1 Å². The number of β-amino-alcohol motifs (C(OH)–C–C–N with tert-alkyl or cyclic N) is 1. The van der Waals surface area contributed by atoms with Gasteiger partial charge >= 0.3 is 6.01 Å². The molecule has 3 aromatic rings. The van der Waals surface area contributed by atoms with Crippen molar-refractivity contribution in [3.8, 4) is 6.01 Å². The third-order valence-electron chi connectivity index (χ3n) is 13.5. The maximum absolute atomic E-state index is 17.4. The molecule has 6 aliphatic rings. The van der Waals surface area contributed by atoms with Crippen molar-refractivity contribution < 1.29 is 28.4 Å². The number of nitrogens with one attached hydrogen (secondary N) is 2. The van der Waals surface area contributed by atoms with Gasteiger partial charge in [0.05, 0.1) is 57.4 Å². The zero-order valence-corrected chi connectivity index (χ0v) is 31.6. The molecule has 5 fully saturated rings. The summed E-state index contributed by atoms with van der Waals surface area (Å²) < 4.78 is 41.9. The average molecular weight is 732 g/mol. The van der Waals surface area contributed by atoms with Crippen LogP contribution in [0.5, 0.6) is 6.01 Å². The van der Waals surface area contributed by atoms with E-state index in [9.17, 15) is 5.11 Å². The second-order valence-corrected chi connectivity index (χ2v) is 17.0. The molecule has 6 heterocycles. The number of piperidine rings is 1. The molecule has 12 nitrogen and oxygen atoms in total. The molecule has 0 radical (unpaired) electrons. The molecule has 4 atom stereocenters. The van der Waals surface area contributed by atoms with E-state index in [0.29, 0.717) is 48.8 Å². The van der Waals surface area contributed by atoms with Gasteiger partial charge in [0, 0.05) is 29.4 Å². The molecular formula is C40H54FN7O5. The number of fused-ring (bicyclic) bond motifs is 3. The highest BCUT2D eigenvalue weighted by molar-refractivity contribution is 5.86. The van der Waals surface area contributed by atoms with Crippen LogP contribution in [0.4, 0.5) is 10.2 Å². The van der Waals surface area contributed by atoms with Crippen molar-refractivity contribution in [2.24, 2.45) is 5.41 Å². The summed E-state index contributed by atoms with van der Waals surface area (Å²) in [5.74, 6) is 0.354. The number of hydrogen-bond donors (Lipinski definition) is 3. The van der Waals surface area contributed by atoms with Gasteiger partial charge < -0.3 is 34.3 Å². The van der Waals surface area contributed by atoms with E-state index in [1.807, 2.05) is 24.8 Å². The largest absolute Gasteiger partial charge is 0.482 e. The maximum atomic E-state index is 17.4. The quantitative estimate of drug-likeness (QED) is 0.328. The van der Waals surface area contributed by atoms with E-state index in [0.717, 1.165) is 72.8 Å². The summed E-state index contributed by atoms with van der Waals surface area (Å²) in [6, 6.07) is 2.32. The van der Waals surface area contributed by atoms with Gasteiger partial charge in [-0.1, -0.05) is 6.42 Å². The molecule has 2 saturated carbocycles. The third-order valence-corrected chi connectivity index (χ3v) is 13.5. The number of aromatic amines is 1. The summed E-state index contributed by atoms with van der Waals surface area (Å²) in [4.78, 5) is 14.7. The Kier molecular flexibility index (Phi) is 8.87. The Hall–Kier alpha value is -3.52. The number of H-pyrrole nitrogens is 1. The molecule has 53 heavy (non-hydrogen) atoms. The van der Waals surface area contributed by atoms with Gasteiger partial charge in [0.1, 0.15) is 28.0 Å². The van der Waals surface area contributed by atoms with E-state index in [1.54, 1.807) is 20.2 Å². The van der Waals surface area contributed by atoms with Crippen LogP contribution in [-0.4, -0.2) is 107 Å². The van der Waals surface area contributed by atoms with Crippen molar-refractivity contribution in [2.45, 2.75) is 114 Å². The monoisotopic (exact) mass is 731 g/mol. The predicted molar refractivity (Wildman–Crippen MR) is 198 cm³/mol. The molecule has 4 aliphatic heterocycles. The maximum Gasteiger partial charge on any atom is 0.319 e. The van der Waals surface area contributed by atoms with Crippen molar-refractivity contribution in [3.05, 3.63) is 39.5 Å². The third kappa shape index (κ3) is 6.06. The van der Waals surface area contributed by atoms with Crippen LogP contribution < -0.4 is 25.5 Å². The Morgan fingerprint density at radius 1 is 1.06 bits per heavy atom. The lowest BCUT2D eigenvalue weighted by Gasteiger charge is -2.53. The highest BCUT2D eigenvalue weighted by atomic mass is 19.1. The number of nitrogens with zero attached hydrogens (tertiary/aromatic N) is 5. The molecule has 286 valence electrons. The minimum Gasteiger partial charge on any atom is -0.482 e. The lowest BCUT2D eigenvalue weighted by Crippen LogP contribution is -2.58. The van der Waals surface area contributed by atoms with Gasteiger partial charge in [-0.3, -0.25) is 10.00 Å². The number of aromatic nitrogens is 4. The minimum atomic E-state index is -1.15. The van der Waals surface area contributed by atoms with Crippen LogP contribution in [0.2, 0.25) is 0 Å². The first-order valence-electron chi connectivity index (χ1n) is 19.7. The number of halogens is 1. The Labute approximate surface area is 310 Å². The van der Waals surface area contributed by atoms with Gasteiger partial charge in [0.25, 0.3) is 0 Å². The Morgan fingerprint density at radius 3 is 2.64 bits per heavy atom. The second kappa shape index (κ2) is 13.3. The van der Waals surface area contributed by atoms with Crippen LogP contribution in [0, 0.1) is 19.3 Å². The molecule has 0 amide bonds. The number of hydrogen-bond acceptors (Lipinski definition) is 11. The van der Waals surface area contributed by atoms with Gasteiger partial charge in [-0.25, -0.2) is 4.39 Å². The highest BCUT2D eigenvalue weighted by Gasteiger charge is 2.52. The number of benzene rings is 1. The molecule has 1 unspecified atom stereocenters. The first-order valence-corrected chi connectivity index (χ1v) is 19.7. The van der Waals surface area contributed by atoms with E-state index < -0.39 is 17.5 Å². The fraction of sp³-hybridized carbons (Fsp3) is 0.675. The van der Waals surface area contributed by atoms with Gasteiger partial charge in [0.15, 0.2) is 5.83 Å². The van der Waals surface area contributed by atoms with Crippen molar-refractivity contribution in [1.29, 1.82) is 0 Å². The number of methoxy groups -OCH3 is 1. The zero-order valence-electron chi connectivity index (χ0n) is 31.6. The number of aliphatic hydroxyl groups is 1.